The van der Waals surface area contributed by atoms with E-state index in [9.17, 15) is 9.59 Å². The third-order valence-electron chi connectivity index (χ3n) is 3.68. The van der Waals surface area contributed by atoms with E-state index in [2.05, 4.69) is 15.8 Å². The summed E-state index contributed by atoms with van der Waals surface area (Å²) in [5.41, 5.74) is 1.67. The van der Waals surface area contributed by atoms with Crippen LogP contribution < -0.4 is 10.6 Å². The van der Waals surface area contributed by atoms with E-state index in [1.807, 2.05) is 49.3 Å². The number of amides is 2. The van der Waals surface area contributed by atoms with Crippen molar-refractivity contribution in [2.75, 3.05) is 27.2 Å². The molecular weight excluding hydrogens is 308 g/mol. The van der Waals surface area contributed by atoms with Crippen LogP contribution in [0.15, 0.2) is 35.5 Å². The third kappa shape index (κ3) is 5.06. The van der Waals surface area contributed by atoms with E-state index in [0.717, 1.165) is 17.8 Å². The molecule has 2 atom stereocenters. The van der Waals surface area contributed by atoms with E-state index >= 15 is 0 Å². The van der Waals surface area contributed by atoms with Gasteiger partial charge in [0.25, 0.3) is 5.91 Å². The first-order chi connectivity index (χ1) is 11.5. The van der Waals surface area contributed by atoms with Gasteiger partial charge in [0.1, 0.15) is 6.04 Å². The Morgan fingerprint density at radius 3 is 2.71 bits per heavy atom. The van der Waals surface area contributed by atoms with E-state index in [0.29, 0.717) is 13.0 Å². The molecule has 0 spiro atoms. The van der Waals surface area contributed by atoms with Crippen LogP contribution in [0.25, 0.3) is 0 Å². The first kappa shape index (κ1) is 17.9. The molecule has 2 rings (SSSR count). The summed E-state index contributed by atoms with van der Waals surface area (Å²) in [5, 5.41) is 9.43. The van der Waals surface area contributed by atoms with Crippen molar-refractivity contribution in [3.8, 4) is 0 Å². The largest absolute Gasteiger partial charge is 0.382 e. The van der Waals surface area contributed by atoms with E-state index in [1.165, 1.54) is 0 Å². The van der Waals surface area contributed by atoms with Gasteiger partial charge in [0.05, 0.1) is 5.71 Å². The van der Waals surface area contributed by atoms with Crippen molar-refractivity contribution in [2.45, 2.75) is 25.5 Å². The summed E-state index contributed by atoms with van der Waals surface area (Å²) in [7, 11) is 3.86. The van der Waals surface area contributed by atoms with Crippen LogP contribution in [-0.4, -0.2) is 61.8 Å². The molecule has 1 aromatic rings. The first-order valence-electron chi connectivity index (χ1n) is 7.98. The number of carbonyl (C=O) groups excluding carboxylic acids is 2. The third-order valence-corrected chi connectivity index (χ3v) is 3.68. The Morgan fingerprint density at radius 2 is 2.04 bits per heavy atom. The number of benzene rings is 1. The number of oxime groups is 1. The normalized spacial score (nSPS) is 17.8. The number of rotatable bonds is 7. The molecule has 1 aliphatic rings. The summed E-state index contributed by atoms with van der Waals surface area (Å²) in [5.74, 6) is -0.549. The Morgan fingerprint density at radius 1 is 1.33 bits per heavy atom. The van der Waals surface area contributed by atoms with Crippen molar-refractivity contribution in [1.29, 1.82) is 0 Å². The molecule has 7 nitrogen and oxygen atoms in total. The maximum Gasteiger partial charge on any atom is 0.264 e. The summed E-state index contributed by atoms with van der Waals surface area (Å²) in [6, 6.07) is 8.95. The number of carbonyl (C=O) groups is 2. The lowest BCUT2D eigenvalue weighted by atomic mass is 10.0. The Balaban J connectivity index is 1.78. The summed E-state index contributed by atoms with van der Waals surface area (Å²) in [4.78, 5) is 31.4. The van der Waals surface area contributed by atoms with Crippen molar-refractivity contribution in [1.82, 2.24) is 15.5 Å². The van der Waals surface area contributed by atoms with Gasteiger partial charge in [-0.25, -0.2) is 0 Å². The molecule has 0 bridgehead atoms. The van der Waals surface area contributed by atoms with Gasteiger partial charge >= 0.3 is 0 Å². The second-order valence-corrected chi connectivity index (χ2v) is 6.03. The van der Waals surface area contributed by atoms with Crippen molar-refractivity contribution >= 4 is 17.5 Å². The minimum atomic E-state index is -0.697. The average Bonchev–Trinajstić information content (AvgIpc) is 3.05. The van der Waals surface area contributed by atoms with Gasteiger partial charge < -0.3 is 20.4 Å². The standard InChI is InChI=1S/C17H24N4O3/c1-12(16(22)18-9-10-21(2)3)19-17(23)15-11-14(20-24-15)13-7-5-4-6-8-13/h4-8,12,15H,9-11H2,1-3H3,(H,18,22)(H,19,23)/t12-,15+/m1/s1. The van der Waals surface area contributed by atoms with Crippen LogP contribution in [0.1, 0.15) is 18.9 Å². The number of nitrogens with one attached hydrogen (secondary N) is 2. The highest BCUT2D eigenvalue weighted by Gasteiger charge is 2.30. The summed E-state index contributed by atoms with van der Waals surface area (Å²) in [6.45, 7) is 2.93. The number of likely N-dealkylation sites (N-methyl/N-ethyl adjacent to an activating group) is 1. The van der Waals surface area contributed by atoms with Gasteiger partial charge in [0.15, 0.2) is 0 Å². The molecule has 7 heteroatoms. The van der Waals surface area contributed by atoms with Crippen LogP contribution in [0.3, 0.4) is 0 Å². The molecular formula is C17H24N4O3. The lowest BCUT2D eigenvalue weighted by Crippen LogP contribution is -2.49. The smallest absolute Gasteiger partial charge is 0.264 e. The van der Waals surface area contributed by atoms with Crippen LogP contribution in [-0.2, 0) is 14.4 Å². The first-order valence-corrected chi connectivity index (χ1v) is 7.98. The second-order valence-electron chi connectivity index (χ2n) is 6.03. The fourth-order valence-corrected chi connectivity index (χ4v) is 2.25. The molecule has 1 heterocycles. The van der Waals surface area contributed by atoms with Crippen LogP contribution >= 0.6 is 0 Å². The lowest BCUT2D eigenvalue weighted by Gasteiger charge is -2.17. The van der Waals surface area contributed by atoms with E-state index in [1.54, 1.807) is 6.92 Å². The molecule has 0 aliphatic carbocycles. The highest BCUT2D eigenvalue weighted by atomic mass is 16.6. The topological polar surface area (TPSA) is 83.0 Å². The maximum atomic E-state index is 12.2. The Hall–Kier alpha value is -2.41. The van der Waals surface area contributed by atoms with Crippen LogP contribution in [0.4, 0.5) is 0 Å². The zero-order valence-electron chi connectivity index (χ0n) is 14.3. The predicted octanol–water partition coefficient (Wildman–Crippen LogP) is 0.362. The molecule has 1 aliphatic heterocycles. The van der Waals surface area contributed by atoms with Crippen molar-refractivity contribution in [2.24, 2.45) is 5.16 Å². The second kappa shape index (κ2) is 8.44. The molecule has 130 valence electrons. The molecule has 0 fully saturated rings. The molecule has 24 heavy (non-hydrogen) atoms. The van der Waals surface area contributed by atoms with Crippen molar-refractivity contribution in [3.05, 3.63) is 35.9 Å². The van der Waals surface area contributed by atoms with E-state index in [4.69, 9.17) is 4.84 Å². The fraction of sp³-hybridized carbons (Fsp3) is 0.471. The highest BCUT2D eigenvalue weighted by Crippen LogP contribution is 2.16. The molecule has 0 radical (unpaired) electrons. The quantitative estimate of drug-likeness (QED) is 0.755. The number of hydrogen-bond donors (Lipinski definition) is 2. The van der Waals surface area contributed by atoms with E-state index < -0.39 is 12.1 Å². The summed E-state index contributed by atoms with van der Waals surface area (Å²) in [6.07, 6.45) is -0.303. The zero-order chi connectivity index (χ0) is 17.5. The Kier molecular flexibility index (Phi) is 6.31. The average molecular weight is 332 g/mol. The molecule has 2 N–H and O–H groups in total. The molecule has 2 amide bonds. The van der Waals surface area contributed by atoms with Gasteiger partial charge in [0.2, 0.25) is 12.0 Å². The van der Waals surface area contributed by atoms with Crippen molar-refractivity contribution in [3.63, 3.8) is 0 Å². The summed E-state index contributed by atoms with van der Waals surface area (Å²) >= 11 is 0. The SMILES string of the molecule is C[C@@H](NC(=O)[C@@H]1CC(c2ccccc2)=NO1)C(=O)NCCN(C)C. The van der Waals surface area contributed by atoms with Gasteiger partial charge in [0, 0.05) is 19.5 Å². The number of hydrogen-bond acceptors (Lipinski definition) is 5. The minimum Gasteiger partial charge on any atom is -0.382 e. The molecule has 0 saturated heterocycles. The molecule has 0 saturated carbocycles. The van der Waals surface area contributed by atoms with Crippen LogP contribution in [0, 0.1) is 0 Å². The van der Waals surface area contributed by atoms with E-state index in [-0.39, 0.29) is 11.8 Å². The van der Waals surface area contributed by atoms with Gasteiger partial charge in [-0.05, 0) is 26.6 Å². The van der Waals surface area contributed by atoms with Gasteiger partial charge in [-0.2, -0.15) is 0 Å². The fourth-order valence-electron chi connectivity index (χ4n) is 2.25. The Labute approximate surface area is 142 Å². The molecule has 1 aromatic carbocycles. The lowest BCUT2D eigenvalue weighted by molar-refractivity contribution is -0.135. The maximum absolute atomic E-state index is 12.2. The van der Waals surface area contributed by atoms with Gasteiger partial charge in [-0.15, -0.1) is 0 Å². The molecule has 0 aromatic heterocycles. The van der Waals surface area contributed by atoms with Crippen LogP contribution in [0.2, 0.25) is 0 Å². The minimum absolute atomic E-state index is 0.215. The van der Waals surface area contributed by atoms with Crippen LogP contribution in [0.5, 0.6) is 0 Å². The molecule has 0 unspecified atom stereocenters. The van der Waals surface area contributed by atoms with Gasteiger partial charge in [-0.1, -0.05) is 35.5 Å². The predicted molar refractivity (Wildman–Crippen MR) is 91.6 cm³/mol. The summed E-state index contributed by atoms with van der Waals surface area (Å²) < 4.78 is 0. The monoisotopic (exact) mass is 332 g/mol. The van der Waals surface area contributed by atoms with Crippen molar-refractivity contribution < 1.29 is 14.4 Å². The highest BCUT2D eigenvalue weighted by molar-refractivity contribution is 6.04. The zero-order valence-corrected chi connectivity index (χ0v) is 14.3. The number of nitrogens with zero attached hydrogens (tertiary/aromatic N) is 2. The van der Waals surface area contributed by atoms with Gasteiger partial charge in [-0.3, -0.25) is 9.59 Å². The Bertz CT molecular complexity index is 601.